The summed E-state index contributed by atoms with van der Waals surface area (Å²) in [7, 11) is 1.89. The van der Waals surface area contributed by atoms with Crippen molar-refractivity contribution in [1.82, 2.24) is 29.9 Å². The molecular weight excluding hydrogens is 373 g/mol. The molecular formula is C20H24FN7O. The first-order valence-corrected chi connectivity index (χ1v) is 9.38. The maximum absolute atomic E-state index is 13.8. The Morgan fingerprint density at radius 1 is 1.07 bits per heavy atom. The molecule has 1 amide bonds. The highest BCUT2D eigenvalue weighted by molar-refractivity contribution is 5.97. The third-order valence-electron chi connectivity index (χ3n) is 4.51. The Hall–Kier alpha value is -3.36. The molecule has 8 nitrogen and oxygen atoms in total. The van der Waals surface area contributed by atoms with Gasteiger partial charge >= 0.3 is 0 Å². The third-order valence-corrected chi connectivity index (χ3v) is 4.51. The number of rotatable bonds is 7. The second-order valence-corrected chi connectivity index (χ2v) is 6.74. The minimum absolute atomic E-state index is 0.213. The van der Waals surface area contributed by atoms with Crippen LogP contribution in [0.3, 0.4) is 0 Å². The number of halogens is 1. The average Bonchev–Trinajstić information content (AvgIpc) is 3.22. The molecule has 0 fully saturated rings. The van der Waals surface area contributed by atoms with E-state index < -0.39 is 5.82 Å². The summed E-state index contributed by atoms with van der Waals surface area (Å²) < 4.78 is 13.8. The maximum Gasteiger partial charge on any atom is 0.256 e. The molecule has 0 N–H and O–H groups in total. The zero-order chi connectivity index (χ0) is 21.0. The molecule has 0 radical (unpaired) electrons. The molecule has 3 rings (SSSR count). The zero-order valence-corrected chi connectivity index (χ0v) is 17.0. The molecule has 1 aromatic carbocycles. The van der Waals surface area contributed by atoms with Gasteiger partial charge < -0.3 is 9.80 Å². The number of anilines is 1. The first-order chi connectivity index (χ1) is 13.9. The van der Waals surface area contributed by atoms with Gasteiger partial charge in [0.25, 0.3) is 5.91 Å². The molecule has 29 heavy (non-hydrogen) atoms. The number of nitrogens with zero attached hydrogens (tertiary/aromatic N) is 7. The molecule has 0 spiro atoms. The Morgan fingerprint density at radius 2 is 1.72 bits per heavy atom. The highest BCUT2D eigenvalue weighted by Gasteiger charge is 2.21. The standard InChI is InChI=1S/C20H24FN7O/c1-5-27(11-10-26(4)20-24-14(2)12-15(3)25-20)19(29)17-7-6-16(21)13-18(17)28-22-8-9-23-28/h6-9,12-13H,5,10-11H2,1-4H3. The lowest BCUT2D eigenvalue weighted by molar-refractivity contribution is 0.0768. The molecule has 3 aromatic rings. The molecule has 0 saturated heterocycles. The van der Waals surface area contributed by atoms with Crippen LogP contribution in [-0.2, 0) is 0 Å². The van der Waals surface area contributed by atoms with E-state index in [4.69, 9.17) is 0 Å². The lowest BCUT2D eigenvalue weighted by Crippen LogP contribution is -2.38. The number of carbonyl (C=O) groups excluding carboxylic acids is 1. The lowest BCUT2D eigenvalue weighted by Gasteiger charge is -2.25. The van der Waals surface area contributed by atoms with E-state index >= 15 is 0 Å². The second-order valence-electron chi connectivity index (χ2n) is 6.74. The Kier molecular flexibility index (Phi) is 6.16. The number of aromatic nitrogens is 5. The summed E-state index contributed by atoms with van der Waals surface area (Å²) in [6, 6.07) is 5.91. The molecule has 2 aromatic heterocycles. The van der Waals surface area contributed by atoms with Gasteiger partial charge in [-0.1, -0.05) is 0 Å². The van der Waals surface area contributed by atoms with Crippen LogP contribution in [0.2, 0.25) is 0 Å². The summed E-state index contributed by atoms with van der Waals surface area (Å²) in [5, 5.41) is 8.06. The van der Waals surface area contributed by atoms with Gasteiger partial charge in [0.2, 0.25) is 5.95 Å². The Labute approximate surface area is 169 Å². The van der Waals surface area contributed by atoms with Crippen LogP contribution in [0.1, 0.15) is 28.7 Å². The number of amides is 1. The van der Waals surface area contributed by atoms with E-state index in [1.807, 2.05) is 38.8 Å². The number of aryl methyl sites for hydroxylation is 2. The molecule has 0 aliphatic carbocycles. The summed E-state index contributed by atoms with van der Waals surface area (Å²) in [5.74, 6) is -0.0487. The second kappa shape index (κ2) is 8.76. The normalized spacial score (nSPS) is 10.8. The third kappa shape index (κ3) is 4.74. The van der Waals surface area contributed by atoms with Crippen molar-refractivity contribution in [2.24, 2.45) is 0 Å². The highest BCUT2D eigenvalue weighted by Crippen LogP contribution is 2.17. The van der Waals surface area contributed by atoms with Crippen molar-refractivity contribution in [3.63, 3.8) is 0 Å². The number of carbonyl (C=O) groups is 1. The number of benzene rings is 1. The summed E-state index contributed by atoms with van der Waals surface area (Å²) in [5.41, 5.74) is 2.44. The lowest BCUT2D eigenvalue weighted by atomic mass is 10.1. The molecule has 152 valence electrons. The summed E-state index contributed by atoms with van der Waals surface area (Å²) in [6.45, 7) is 7.27. The first-order valence-electron chi connectivity index (χ1n) is 9.38. The van der Waals surface area contributed by atoms with E-state index in [1.54, 1.807) is 4.90 Å². The molecule has 0 unspecified atom stereocenters. The van der Waals surface area contributed by atoms with Crippen molar-refractivity contribution in [2.75, 3.05) is 31.6 Å². The van der Waals surface area contributed by atoms with Gasteiger partial charge in [0, 0.05) is 44.1 Å². The highest BCUT2D eigenvalue weighted by atomic mass is 19.1. The van der Waals surface area contributed by atoms with Crippen molar-refractivity contribution >= 4 is 11.9 Å². The summed E-state index contributed by atoms with van der Waals surface area (Å²) in [6.07, 6.45) is 2.96. The van der Waals surface area contributed by atoms with Gasteiger partial charge in [-0.3, -0.25) is 4.79 Å². The number of hydrogen-bond donors (Lipinski definition) is 0. The number of likely N-dealkylation sites (N-methyl/N-ethyl adjacent to an activating group) is 2. The topological polar surface area (TPSA) is 80.0 Å². The van der Waals surface area contributed by atoms with Crippen LogP contribution >= 0.6 is 0 Å². The number of hydrogen-bond acceptors (Lipinski definition) is 6. The summed E-state index contributed by atoms with van der Waals surface area (Å²) >= 11 is 0. The van der Waals surface area contributed by atoms with Gasteiger partial charge in [-0.05, 0) is 39.0 Å². The van der Waals surface area contributed by atoms with Crippen LogP contribution in [0.15, 0.2) is 36.7 Å². The first kappa shape index (κ1) is 20.4. The molecule has 0 atom stereocenters. The van der Waals surface area contributed by atoms with E-state index in [0.717, 1.165) is 11.4 Å². The predicted molar refractivity (Wildman–Crippen MR) is 108 cm³/mol. The maximum atomic E-state index is 13.8. The van der Waals surface area contributed by atoms with Gasteiger partial charge in [-0.2, -0.15) is 15.0 Å². The molecule has 2 heterocycles. The van der Waals surface area contributed by atoms with Gasteiger partial charge in [0.15, 0.2) is 0 Å². The quantitative estimate of drug-likeness (QED) is 0.609. The van der Waals surface area contributed by atoms with Crippen LogP contribution in [0, 0.1) is 19.7 Å². The molecule has 9 heteroatoms. The largest absolute Gasteiger partial charge is 0.342 e. The van der Waals surface area contributed by atoms with Crippen molar-refractivity contribution in [3.05, 3.63) is 59.4 Å². The fraction of sp³-hybridized carbons (Fsp3) is 0.350. The average molecular weight is 397 g/mol. The monoisotopic (exact) mass is 397 g/mol. The van der Waals surface area contributed by atoms with Gasteiger partial charge in [-0.25, -0.2) is 14.4 Å². The van der Waals surface area contributed by atoms with E-state index in [2.05, 4.69) is 20.2 Å². The van der Waals surface area contributed by atoms with E-state index in [-0.39, 0.29) is 5.91 Å². The van der Waals surface area contributed by atoms with E-state index in [9.17, 15) is 9.18 Å². The van der Waals surface area contributed by atoms with E-state index in [1.165, 1.54) is 35.4 Å². The van der Waals surface area contributed by atoms with Gasteiger partial charge in [-0.15, -0.1) is 0 Å². The van der Waals surface area contributed by atoms with Crippen LogP contribution in [0.5, 0.6) is 0 Å². The van der Waals surface area contributed by atoms with Gasteiger partial charge in [0.05, 0.1) is 18.0 Å². The smallest absolute Gasteiger partial charge is 0.256 e. The SMILES string of the molecule is CCN(CCN(C)c1nc(C)cc(C)n1)C(=O)c1ccc(F)cc1-n1nccn1. The van der Waals surface area contributed by atoms with Crippen LogP contribution in [0.4, 0.5) is 10.3 Å². The minimum Gasteiger partial charge on any atom is -0.342 e. The molecule has 0 aliphatic rings. The molecule has 0 saturated carbocycles. The fourth-order valence-electron chi connectivity index (χ4n) is 3.01. The zero-order valence-electron chi connectivity index (χ0n) is 17.0. The Morgan fingerprint density at radius 3 is 2.34 bits per heavy atom. The Balaban J connectivity index is 1.78. The van der Waals surface area contributed by atoms with Crippen molar-refractivity contribution < 1.29 is 9.18 Å². The van der Waals surface area contributed by atoms with Crippen LogP contribution in [0.25, 0.3) is 5.69 Å². The molecule has 0 bridgehead atoms. The van der Waals surface area contributed by atoms with Crippen molar-refractivity contribution in [3.8, 4) is 5.69 Å². The van der Waals surface area contributed by atoms with Gasteiger partial charge in [0.1, 0.15) is 11.5 Å². The Bertz CT molecular complexity index is 970. The van der Waals surface area contributed by atoms with Crippen LogP contribution < -0.4 is 4.90 Å². The molecule has 0 aliphatic heterocycles. The van der Waals surface area contributed by atoms with Crippen LogP contribution in [-0.4, -0.2) is 62.5 Å². The minimum atomic E-state index is -0.455. The van der Waals surface area contributed by atoms with E-state index in [0.29, 0.717) is 36.8 Å². The predicted octanol–water partition coefficient (Wildman–Crippen LogP) is 2.41. The fourth-order valence-corrected chi connectivity index (χ4v) is 3.01. The summed E-state index contributed by atoms with van der Waals surface area (Å²) in [4.78, 5) is 26.9. The van der Waals surface area contributed by atoms with Crippen molar-refractivity contribution in [1.29, 1.82) is 0 Å². The van der Waals surface area contributed by atoms with Crippen molar-refractivity contribution in [2.45, 2.75) is 20.8 Å².